The van der Waals surface area contributed by atoms with Crippen LogP contribution >= 0.6 is 0 Å². The van der Waals surface area contributed by atoms with Crippen molar-refractivity contribution in [2.45, 2.75) is 44.4 Å². The second-order valence-electron chi connectivity index (χ2n) is 4.40. The summed E-state index contributed by atoms with van der Waals surface area (Å²) in [5.74, 6) is -0.0353. The molecule has 1 fully saturated rings. The fraction of sp³-hybridized carbons (Fsp3) is 0.583. The molecule has 1 aromatic heterocycles. The van der Waals surface area contributed by atoms with Crippen LogP contribution in [0.3, 0.4) is 0 Å². The predicted octanol–water partition coefficient (Wildman–Crippen LogP) is 3.25. The van der Waals surface area contributed by atoms with Gasteiger partial charge in [-0.15, -0.1) is 0 Å². The second-order valence-corrected chi connectivity index (χ2v) is 4.40. The number of alkyl halides is 3. The van der Waals surface area contributed by atoms with Crippen molar-refractivity contribution in [3.8, 4) is 0 Å². The first-order chi connectivity index (χ1) is 8.02. The molecule has 0 aliphatic heterocycles. The first-order valence-corrected chi connectivity index (χ1v) is 5.69. The van der Waals surface area contributed by atoms with Crippen molar-refractivity contribution in [1.82, 2.24) is 4.98 Å². The standard InChI is InChI=1S/C12H14F3NO/c13-12(14,15)11-5-9(7-17)16-6-10(11)8-3-1-2-4-8/h5-6,8,17H,1-4,7H2. The average molecular weight is 245 g/mol. The molecule has 94 valence electrons. The van der Waals surface area contributed by atoms with Gasteiger partial charge in [0.15, 0.2) is 0 Å². The van der Waals surface area contributed by atoms with Crippen LogP contribution in [0.1, 0.15) is 48.4 Å². The number of nitrogens with zero attached hydrogens (tertiary/aromatic N) is 1. The highest BCUT2D eigenvalue weighted by molar-refractivity contribution is 5.32. The van der Waals surface area contributed by atoms with Crippen LogP contribution in [-0.2, 0) is 12.8 Å². The van der Waals surface area contributed by atoms with Crippen LogP contribution in [-0.4, -0.2) is 10.1 Å². The molecule has 0 unspecified atom stereocenters. The Morgan fingerprint density at radius 1 is 1.29 bits per heavy atom. The van der Waals surface area contributed by atoms with Gasteiger partial charge in [-0.05, 0) is 30.4 Å². The van der Waals surface area contributed by atoms with Crippen molar-refractivity contribution in [1.29, 1.82) is 0 Å². The van der Waals surface area contributed by atoms with Crippen LogP contribution in [0.2, 0.25) is 0 Å². The molecule has 1 aliphatic rings. The summed E-state index contributed by atoms with van der Waals surface area (Å²) in [5.41, 5.74) is -0.283. The number of aliphatic hydroxyl groups is 1. The summed E-state index contributed by atoms with van der Waals surface area (Å²) in [6.07, 6.45) is 0.453. The van der Waals surface area contributed by atoms with Gasteiger partial charge >= 0.3 is 6.18 Å². The van der Waals surface area contributed by atoms with Crippen molar-refractivity contribution in [2.75, 3.05) is 0 Å². The van der Waals surface area contributed by atoms with E-state index in [1.807, 2.05) is 0 Å². The highest BCUT2D eigenvalue weighted by Crippen LogP contribution is 2.41. The Morgan fingerprint density at radius 3 is 2.47 bits per heavy atom. The van der Waals surface area contributed by atoms with Gasteiger partial charge in [-0.1, -0.05) is 12.8 Å². The van der Waals surface area contributed by atoms with E-state index in [1.165, 1.54) is 6.20 Å². The molecular formula is C12H14F3NO. The van der Waals surface area contributed by atoms with E-state index < -0.39 is 18.3 Å². The molecule has 1 heterocycles. The van der Waals surface area contributed by atoms with Gasteiger partial charge < -0.3 is 5.11 Å². The Hall–Kier alpha value is -1.10. The third-order valence-corrected chi connectivity index (χ3v) is 3.25. The fourth-order valence-electron chi connectivity index (χ4n) is 2.40. The number of hydrogen-bond donors (Lipinski definition) is 1. The Labute approximate surface area is 97.5 Å². The van der Waals surface area contributed by atoms with Crippen LogP contribution in [0.25, 0.3) is 0 Å². The minimum Gasteiger partial charge on any atom is -0.390 e. The quantitative estimate of drug-likeness (QED) is 0.867. The maximum Gasteiger partial charge on any atom is 0.416 e. The van der Waals surface area contributed by atoms with Gasteiger partial charge in [-0.3, -0.25) is 4.98 Å². The maximum absolute atomic E-state index is 12.9. The SMILES string of the molecule is OCc1cc(C(F)(F)F)c(C2CCCC2)cn1. The van der Waals surface area contributed by atoms with E-state index in [9.17, 15) is 13.2 Å². The largest absolute Gasteiger partial charge is 0.416 e. The topological polar surface area (TPSA) is 33.1 Å². The van der Waals surface area contributed by atoms with Gasteiger partial charge in [0.05, 0.1) is 17.9 Å². The van der Waals surface area contributed by atoms with Crippen molar-refractivity contribution in [2.24, 2.45) is 0 Å². The molecule has 1 aromatic rings. The number of aromatic nitrogens is 1. The van der Waals surface area contributed by atoms with Crippen LogP contribution in [0, 0.1) is 0 Å². The van der Waals surface area contributed by atoms with Gasteiger partial charge in [0.25, 0.3) is 0 Å². The number of hydrogen-bond acceptors (Lipinski definition) is 2. The summed E-state index contributed by atoms with van der Waals surface area (Å²) in [6.45, 7) is -0.464. The van der Waals surface area contributed by atoms with E-state index in [-0.39, 0.29) is 17.2 Å². The zero-order valence-corrected chi connectivity index (χ0v) is 9.30. The number of aliphatic hydroxyl groups excluding tert-OH is 1. The smallest absolute Gasteiger partial charge is 0.390 e. The van der Waals surface area contributed by atoms with Crippen LogP contribution < -0.4 is 0 Å². The molecule has 17 heavy (non-hydrogen) atoms. The molecule has 1 aliphatic carbocycles. The highest BCUT2D eigenvalue weighted by atomic mass is 19.4. The van der Waals surface area contributed by atoms with Crippen LogP contribution in [0.5, 0.6) is 0 Å². The summed E-state index contributed by atoms with van der Waals surface area (Å²) in [6, 6.07) is 0.966. The molecule has 1 N–H and O–H groups in total. The zero-order chi connectivity index (χ0) is 12.5. The maximum atomic E-state index is 12.9. The fourth-order valence-corrected chi connectivity index (χ4v) is 2.40. The first kappa shape index (κ1) is 12.4. The monoisotopic (exact) mass is 245 g/mol. The van der Waals surface area contributed by atoms with Crippen molar-refractivity contribution in [3.63, 3.8) is 0 Å². The summed E-state index contributed by atoms with van der Waals surface area (Å²) in [4.78, 5) is 3.87. The molecule has 0 bridgehead atoms. The summed E-state index contributed by atoms with van der Waals surface area (Å²) in [5, 5.41) is 8.85. The number of pyridine rings is 1. The van der Waals surface area contributed by atoms with Gasteiger partial charge in [0, 0.05) is 6.20 Å². The molecule has 0 saturated heterocycles. The zero-order valence-electron chi connectivity index (χ0n) is 9.30. The van der Waals surface area contributed by atoms with Gasteiger partial charge in [-0.25, -0.2) is 0 Å². The van der Waals surface area contributed by atoms with Crippen molar-refractivity contribution < 1.29 is 18.3 Å². The number of halogens is 3. The van der Waals surface area contributed by atoms with E-state index in [1.54, 1.807) is 0 Å². The number of rotatable bonds is 2. The molecule has 0 radical (unpaired) electrons. The van der Waals surface area contributed by atoms with Crippen LogP contribution in [0.4, 0.5) is 13.2 Å². The lowest BCUT2D eigenvalue weighted by Crippen LogP contribution is -2.13. The Bertz CT molecular complexity index is 397. The molecule has 1 saturated carbocycles. The average Bonchev–Trinajstić information content (AvgIpc) is 2.80. The second kappa shape index (κ2) is 4.64. The molecule has 0 aromatic carbocycles. The Kier molecular flexibility index (Phi) is 3.38. The minimum absolute atomic E-state index is 0.0353. The lowest BCUT2D eigenvalue weighted by molar-refractivity contribution is -0.138. The third-order valence-electron chi connectivity index (χ3n) is 3.25. The molecule has 0 amide bonds. The molecule has 0 atom stereocenters. The molecule has 5 heteroatoms. The lowest BCUT2D eigenvalue weighted by atomic mass is 9.94. The molecular weight excluding hydrogens is 231 g/mol. The summed E-state index contributed by atoms with van der Waals surface area (Å²) < 4.78 is 38.7. The Balaban J connectivity index is 2.42. The minimum atomic E-state index is -4.37. The third kappa shape index (κ3) is 2.60. The van der Waals surface area contributed by atoms with E-state index in [4.69, 9.17) is 5.11 Å². The van der Waals surface area contributed by atoms with Crippen molar-refractivity contribution in [3.05, 3.63) is 29.1 Å². The van der Waals surface area contributed by atoms with Crippen molar-refractivity contribution >= 4 is 0 Å². The van der Waals surface area contributed by atoms with Gasteiger partial charge in [0.1, 0.15) is 0 Å². The van der Waals surface area contributed by atoms with E-state index in [0.29, 0.717) is 0 Å². The summed E-state index contributed by atoms with van der Waals surface area (Å²) >= 11 is 0. The van der Waals surface area contributed by atoms with Crippen LogP contribution in [0.15, 0.2) is 12.3 Å². The van der Waals surface area contributed by atoms with Gasteiger partial charge in [0.2, 0.25) is 0 Å². The van der Waals surface area contributed by atoms with E-state index in [0.717, 1.165) is 31.7 Å². The Morgan fingerprint density at radius 2 is 1.94 bits per heavy atom. The van der Waals surface area contributed by atoms with Gasteiger partial charge in [-0.2, -0.15) is 13.2 Å². The molecule has 2 nitrogen and oxygen atoms in total. The summed E-state index contributed by atoms with van der Waals surface area (Å²) in [7, 11) is 0. The normalized spacial score (nSPS) is 17.6. The van der Waals surface area contributed by atoms with E-state index >= 15 is 0 Å². The van der Waals surface area contributed by atoms with E-state index in [2.05, 4.69) is 4.98 Å². The predicted molar refractivity (Wildman–Crippen MR) is 56.4 cm³/mol. The molecule has 0 spiro atoms. The lowest BCUT2D eigenvalue weighted by Gasteiger charge is -2.17. The highest BCUT2D eigenvalue weighted by Gasteiger charge is 2.36. The first-order valence-electron chi connectivity index (χ1n) is 5.69. The molecule has 2 rings (SSSR count).